The van der Waals surface area contributed by atoms with E-state index in [2.05, 4.69) is 20.8 Å². The van der Waals surface area contributed by atoms with Crippen LogP contribution >= 0.6 is 34.8 Å². The smallest absolute Gasteiger partial charge is 0.243 e. The Bertz CT molecular complexity index is 964. The summed E-state index contributed by atoms with van der Waals surface area (Å²) in [6.45, 7) is 3.38. The van der Waals surface area contributed by atoms with E-state index in [-0.39, 0.29) is 6.61 Å². The van der Waals surface area contributed by atoms with E-state index in [1.54, 1.807) is 30.0 Å². The van der Waals surface area contributed by atoms with Crippen LogP contribution in [0.3, 0.4) is 0 Å². The van der Waals surface area contributed by atoms with Gasteiger partial charge in [-0.25, -0.2) is 4.68 Å². The fourth-order valence-corrected chi connectivity index (χ4v) is 3.13. The molecule has 3 rings (SSSR count). The third kappa shape index (κ3) is 4.79. The average Bonchev–Trinajstić information content (AvgIpc) is 3.15. The lowest BCUT2D eigenvalue weighted by Gasteiger charge is -2.15. The van der Waals surface area contributed by atoms with Crippen LogP contribution in [0.1, 0.15) is 18.1 Å². The van der Waals surface area contributed by atoms with Gasteiger partial charge >= 0.3 is 0 Å². The SMILES string of the molecule is CCn1nnnc1NCc1cc(Cl)c(OCc2ccc(Cl)c(Cl)c2)c(OC)c1. The maximum atomic E-state index is 6.43. The van der Waals surface area contributed by atoms with Gasteiger partial charge in [-0.15, -0.1) is 0 Å². The summed E-state index contributed by atoms with van der Waals surface area (Å²) in [6, 6.07) is 8.97. The van der Waals surface area contributed by atoms with Crippen molar-refractivity contribution in [1.29, 1.82) is 0 Å². The Balaban J connectivity index is 1.72. The van der Waals surface area contributed by atoms with Crippen LogP contribution in [0, 0.1) is 0 Å². The van der Waals surface area contributed by atoms with E-state index in [0.29, 0.717) is 45.6 Å². The molecule has 2 aromatic carbocycles. The van der Waals surface area contributed by atoms with Crippen molar-refractivity contribution in [3.63, 3.8) is 0 Å². The highest BCUT2D eigenvalue weighted by molar-refractivity contribution is 6.42. The van der Waals surface area contributed by atoms with Gasteiger partial charge in [0.15, 0.2) is 11.5 Å². The molecule has 28 heavy (non-hydrogen) atoms. The molecule has 148 valence electrons. The monoisotopic (exact) mass is 441 g/mol. The summed E-state index contributed by atoms with van der Waals surface area (Å²) in [5, 5.41) is 16.0. The van der Waals surface area contributed by atoms with Crippen molar-refractivity contribution in [1.82, 2.24) is 20.2 Å². The summed E-state index contributed by atoms with van der Waals surface area (Å²) in [5.74, 6) is 1.56. The number of methoxy groups -OCH3 is 1. The number of aromatic nitrogens is 4. The summed E-state index contributed by atoms with van der Waals surface area (Å²) in [5.41, 5.74) is 1.76. The molecule has 1 aromatic heterocycles. The first-order chi connectivity index (χ1) is 13.5. The molecule has 1 heterocycles. The van der Waals surface area contributed by atoms with Crippen LogP contribution in [-0.4, -0.2) is 27.3 Å². The summed E-state index contributed by atoms with van der Waals surface area (Å²) in [4.78, 5) is 0. The molecular formula is C18H18Cl3N5O2. The predicted molar refractivity (Wildman–Crippen MR) is 110 cm³/mol. The van der Waals surface area contributed by atoms with Gasteiger partial charge in [-0.2, -0.15) is 0 Å². The van der Waals surface area contributed by atoms with Crippen LogP contribution in [0.2, 0.25) is 15.1 Å². The van der Waals surface area contributed by atoms with Gasteiger partial charge in [-0.1, -0.05) is 46.0 Å². The summed E-state index contributed by atoms with van der Waals surface area (Å²) < 4.78 is 13.0. The molecule has 0 saturated carbocycles. The van der Waals surface area contributed by atoms with Gasteiger partial charge in [-0.3, -0.25) is 0 Å². The number of anilines is 1. The van der Waals surface area contributed by atoms with E-state index in [1.807, 2.05) is 19.1 Å². The summed E-state index contributed by atoms with van der Waals surface area (Å²) in [6.07, 6.45) is 0. The second kappa shape index (κ2) is 9.32. The number of rotatable bonds is 8. The molecule has 0 aliphatic heterocycles. The zero-order valence-electron chi connectivity index (χ0n) is 15.2. The standard InChI is InChI=1S/C18H18Cl3N5O2/c1-3-26-18(23-24-25-26)22-9-12-7-15(21)17(16(8-12)27-2)28-10-11-4-5-13(19)14(20)6-11/h4-8H,3,9-10H2,1-2H3,(H,22,23,25). The number of halogens is 3. The van der Waals surface area contributed by atoms with Gasteiger partial charge in [0.25, 0.3) is 0 Å². The first kappa shape index (κ1) is 20.5. The minimum Gasteiger partial charge on any atom is -0.493 e. The van der Waals surface area contributed by atoms with Crippen LogP contribution in [-0.2, 0) is 19.7 Å². The molecule has 0 bridgehead atoms. The second-order valence-corrected chi connectivity index (χ2v) is 7.04. The molecule has 0 saturated heterocycles. The van der Waals surface area contributed by atoms with E-state index in [9.17, 15) is 0 Å². The van der Waals surface area contributed by atoms with E-state index < -0.39 is 0 Å². The van der Waals surface area contributed by atoms with Gasteiger partial charge < -0.3 is 14.8 Å². The minimum absolute atomic E-state index is 0.274. The second-order valence-electron chi connectivity index (χ2n) is 5.82. The van der Waals surface area contributed by atoms with Crippen LogP contribution in [0.4, 0.5) is 5.95 Å². The Labute approximate surface area is 177 Å². The molecule has 0 aliphatic rings. The molecular weight excluding hydrogens is 425 g/mol. The molecule has 3 aromatic rings. The highest BCUT2D eigenvalue weighted by Gasteiger charge is 2.13. The fraction of sp³-hybridized carbons (Fsp3) is 0.278. The van der Waals surface area contributed by atoms with Crippen molar-refractivity contribution >= 4 is 40.8 Å². The number of aryl methyl sites for hydroxylation is 1. The minimum atomic E-state index is 0.274. The lowest BCUT2D eigenvalue weighted by atomic mass is 10.2. The van der Waals surface area contributed by atoms with Crippen molar-refractivity contribution in [2.24, 2.45) is 0 Å². The molecule has 0 amide bonds. The third-order valence-corrected chi connectivity index (χ3v) is 4.96. The van der Waals surface area contributed by atoms with Gasteiger partial charge in [-0.05, 0) is 52.7 Å². The molecule has 0 unspecified atom stereocenters. The molecule has 0 atom stereocenters. The highest BCUT2D eigenvalue weighted by Crippen LogP contribution is 2.37. The zero-order chi connectivity index (χ0) is 20.1. The van der Waals surface area contributed by atoms with E-state index >= 15 is 0 Å². The number of benzene rings is 2. The molecule has 0 spiro atoms. The normalized spacial score (nSPS) is 10.8. The Hall–Kier alpha value is -2.22. The average molecular weight is 443 g/mol. The molecule has 0 aliphatic carbocycles. The number of nitrogens with one attached hydrogen (secondary N) is 1. The van der Waals surface area contributed by atoms with Crippen LogP contribution in [0.15, 0.2) is 30.3 Å². The molecule has 7 nitrogen and oxygen atoms in total. The Morgan fingerprint density at radius 3 is 2.54 bits per heavy atom. The topological polar surface area (TPSA) is 74.1 Å². The van der Waals surface area contributed by atoms with Crippen molar-refractivity contribution in [3.8, 4) is 11.5 Å². The first-order valence-corrected chi connectivity index (χ1v) is 9.58. The Morgan fingerprint density at radius 2 is 1.82 bits per heavy atom. The lowest BCUT2D eigenvalue weighted by molar-refractivity contribution is 0.284. The van der Waals surface area contributed by atoms with E-state index in [1.165, 1.54) is 0 Å². The molecule has 0 fully saturated rings. The predicted octanol–water partition coefficient (Wildman–Crippen LogP) is 4.85. The molecule has 10 heteroatoms. The van der Waals surface area contributed by atoms with E-state index in [0.717, 1.165) is 11.1 Å². The number of tetrazole rings is 1. The number of nitrogens with zero attached hydrogens (tertiary/aromatic N) is 4. The third-order valence-electron chi connectivity index (χ3n) is 3.94. The highest BCUT2D eigenvalue weighted by atomic mass is 35.5. The number of hydrogen-bond donors (Lipinski definition) is 1. The zero-order valence-corrected chi connectivity index (χ0v) is 17.5. The maximum Gasteiger partial charge on any atom is 0.243 e. The Morgan fingerprint density at radius 1 is 1.04 bits per heavy atom. The van der Waals surface area contributed by atoms with Crippen LogP contribution < -0.4 is 14.8 Å². The lowest BCUT2D eigenvalue weighted by Crippen LogP contribution is -2.08. The van der Waals surface area contributed by atoms with Crippen molar-refractivity contribution in [2.45, 2.75) is 26.6 Å². The van der Waals surface area contributed by atoms with Crippen molar-refractivity contribution in [3.05, 3.63) is 56.5 Å². The quantitative estimate of drug-likeness (QED) is 0.537. The van der Waals surface area contributed by atoms with Gasteiger partial charge in [0.1, 0.15) is 6.61 Å². The maximum absolute atomic E-state index is 6.43. The summed E-state index contributed by atoms with van der Waals surface area (Å²) >= 11 is 18.4. The summed E-state index contributed by atoms with van der Waals surface area (Å²) in [7, 11) is 1.56. The van der Waals surface area contributed by atoms with Gasteiger partial charge in [0.2, 0.25) is 5.95 Å². The van der Waals surface area contributed by atoms with Crippen LogP contribution in [0.25, 0.3) is 0 Å². The van der Waals surface area contributed by atoms with Gasteiger partial charge in [0, 0.05) is 13.1 Å². The van der Waals surface area contributed by atoms with Crippen molar-refractivity contribution in [2.75, 3.05) is 12.4 Å². The fourth-order valence-electron chi connectivity index (χ4n) is 2.53. The number of hydrogen-bond acceptors (Lipinski definition) is 6. The largest absolute Gasteiger partial charge is 0.493 e. The van der Waals surface area contributed by atoms with Crippen molar-refractivity contribution < 1.29 is 9.47 Å². The number of ether oxygens (including phenoxy) is 2. The molecule has 1 N–H and O–H groups in total. The molecule has 0 radical (unpaired) electrons. The Kier molecular flexibility index (Phi) is 6.83. The first-order valence-electron chi connectivity index (χ1n) is 8.45. The van der Waals surface area contributed by atoms with E-state index in [4.69, 9.17) is 44.3 Å². The van der Waals surface area contributed by atoms with Gasteiger partial charge in [0.05, 0.1) is 22.2 Å². The van der Waals surface area contributed by atoms with Crippen LogP contribution in [0.5, 0.6) is 11.5 Å².